The van der Waals surface area contributed by atoms with Gasteiger partial charge in [-0.15, -0.1) is 0 Å². The fourth-order valence-corrected chi connectivity index (χ4v) is 1.82. The van der Waals surface area contributed by atoms with Gasteiger partial charge in [0.2, 0.25) is 0 Å². The first-order chi connectivity index (χ1) is 9.66. The van der Waals surface area contributed by atoms with E-state index < -0.39 is 5.97 Å². The smallest absolute Gasteiger partial charge is 0.330 e. The topological polar surface area (TPSA) is 46.5 Å². The maximum Gasteiger partial charge on any atom is 0.330 e. The van der Waals surface area contributed by atoms with Crippen LogP contribution in [0.2, 0.25) is 0 Å². The Morgan fingerprint density at radius 3 is 2.40 bits per heavy atom. The fourth-order valence-electron chi connectivity index (χ4n) is 1.82. The Hall–Kier alpha value is -2.55. The van der Waals surface area contributed by atoms with Gasteiger partial charge in [0, 0.05) is 5.57 Å². The third kappa shape index (κ3) is 3.72. The Bertz CT molecular complexity index is 603. The molecule has 2 aromatic carbocycles. The monoisotopic (exact) mass is 268 g/mol. The van der Waals surface area contributed by atoms with Crippen LogP contribution >= 0.6 is 0 Å². The predicted molar refractivity (Wildman–Crippen MR) is 78.1 cm³/mol. The quantitative estimate of drug-likeness (QED) is 0.804. The highest BCUT2D eigenvalue weighted by Gasteiger charge is 2.08. The second kappa shape index (κ2) is 6.57. The summed E-state index contributed by atoms with van der Waals surface area (Å²) in [4.78, 5) is 10.8. The van der Waals surface area contributed by atoms with Crippen LogP contribution in [0, 0.1) is 0 Å². The molecule has 0 fully saturated rings. The van der Waals surface area contributed by atoms with Crippen LogP contribution < -0.4 is 4.74 Å². The lowest BCUT2D eigenvalue weighted by molar-refractivity contribution is -0.132. The van der Waals surface area contributed by atoms with E-state index in [1.807, 2.05) is 54.6 Å². The Kier molecular flexibility index (Phi) is 4.56. The standard InChI is InChI=1S/C17H16O3/c1-13(17(18)19)11-12-14-7-5-6-10-16(14)20-15-8-3-2-4-9-15/h2-10H,1,11-12H2,(H,18,19). The highest BCUT2D eigenvalue weighted by molar-refractivity contribution is 5.85. The molecule has 0 aliphatic carbocycles. The maximum absolute atomic E-state index is 10.8. The van der Waals surface area contributed by atoms with Crippen molar-refractivity contribution in [1.29, 1.82) is 0 Å². The van der Waals surface area contributed by atoms with Crippen LogP contribution in [-0.4, -0.2) is 11.1 Å². The second-order valence-corrected chi connectivity index (χ2v) is 4.43. The van der Waals surface area contributed by atoms with Gasteiger partial charge < -0.3 is 9.84 Å². The van der Waals surface area contributed by atoms with Gasteiger partial charge in [-0.1, -0.05) is 43.0 Å². The van der Waals surface area contributed by atoms with E-state index in [0.29, 0.717) is 12.8 Å². The number of para-hydroxylation sites is 2. The van der Waals surface area contributed by atoms with Crippen LogP contribution in [0.3, 0.4) is 0 Å². The van der Waals surface area contributed by atoms with Crippen molar-refractivity contribution in [2.45, 2.75) is 12.8 Å². The number of hydrogen-bond acceptors (Lipinski definition) is 2. The van der Waals surface area contributed by atoms with E-state index in [2.05, 4.69) is 6.58 Å². The molecule has 2 rings (SSSR count). The van der Waals surface area contributed by atoms with Gasteiger partial charge in [0.05, 0.1) is 0 Å². The molecule has 3 heteroatoms. The highest BCUT2D eigenvalue weighted by atomic mass is 16.5. The number of carbonyl (C=O) groups is 1. The number of carboxylic acids is 1. The van der Waals surface area contributed by atoms with Crippen molar-refractivity contribution in [2.24, 2.45) is 0 Å². The molecule has 0 aliphatic heterocycles. The summed E-state index contributed by atoms with van der Waals surface area (Å²) in [7, 11) is 0. The maximum atomic E-state index is 10.8. The molecule has 0 saturated carbocycles. The fraction of sp³-hybridized carbons (Fsp3) is 0.118. The normalized spacial score (nSPS) is 10.0. The van der Waals surface area contributed by atoms with Gasteiger partial charge in [0.15, 0.2) is 0 Å². The minimum atomic E-state index is -0.952. The van der Waals surface area contributed by atoms with Crippen molar-refractivity contribution >= 4 is 5.97 Å². The SMILES string of the molecule is C=C(CCc1ccccc1Oc1ccccc1)C(=O)O. The zero-order chi connectivity index (χ0) is 14.4. The van der Waals surface area contributed by atoms with E-state index in [1.165, 1.54) is 0 Å². The van der Waals surface area contributed by atoms with Crippen LogP contribution in [-0.2, 0) is 11.2 Å². The molecule has 0 heterocycles. The van der Waals surface area contributed by atoms with E-state index >= 15 is 0 Å². The molecular weight excluding hydrogens is 252 g/mol. The first-order valence-electron chi connectivity index (χ1n) is 6.38. The Morgan fingerprint density at radius 2 is 1.70 bits per heavy atom. The minimum absolute atomic E-state index is 0.208. The van der Waals surface area contributed by atoms with E-state index in [4.69, 9.17) is 9.84 Å². The number of benzene rings is 2. The van der Waals surface area contributed by atoms with Gasteiger partial charge in [-0.05, 0) is 36.6 Å². The molecule has 3 nitrogen and oxygen atoms in total. The lowest BCUT2D eigenvalue weighted by Crippen LogP contribution is -2.01. The van der Waals surface area contributed by atoms with Gasteiger partial charge in [0.25, 0.3) is 0 Å². The molecule has 0 spiro atoms. The Morgan fingerprint density at radius 1 is 1.05 bits per heavy atom. The molecule has 1 N–H and O–H groups in total. The number of carboxylic acid groups (broad SMARTS) is 1. The molecule has 0 radical (unpaired) electrons. The summed E-state index contributed by atoms with van der Waals surface area (Å²) >= 11 is 0. The molecule has 102 valence electrons. The summed E-state index contributed by atoms with van der Waals surface area (Å²) < 4.78 is 5.83. The molecule has 0 atom stereocenters. The van der Waals surface area contributed by atoms with E-state index in [9.17, 15) is 4.79 Å². The summed E-state index contributed by atoms with van der Waals surface area (Å²) in [5.41, 5.74) is 1.18. The molecular formula is C17H16O3. The first kappa shape index (κ1) is 13.9. The molecule has 0 aromatic heterocycles. The molecule has 0 saturated heterocycles. The number of ether oxygens (including phenoxy) is 1. The zero-order valence-corrected chi connectivity index (χ0v) is 11.1. The van der Waals surface area contributed by atoms with Crippen molar-refractivity contribution in [2.75, 3.05) is 0 Å². The van der Waals surface area contributed by atoms with Gasteiger partial charge in [-0.2, -0.15) is 0 Å². The first-order valence-corrected chi connectivity index (χ1v) is 6.38. The average molecular weight is 268 g/mol. The lowest BCUT2D eigenvalue weighted by Gasteiger charge is -2.11. The summed E-state index contributed by atoms with van der Waals surface area (Å²) in [5.74, 6) is 0.556. The third-order valence-electron chi connectivity index (χ3n) is 2.94. The predicted octanol–water partition coefficient (Wildman–Crippen LogP) is 4.05. The van der Waals surface area contributed by atoms with E-state index in [1.54, 1.807) is 0 Å². The van der Waals surface area contributed by atoms with Crippen LogP contribution in [0.4, 0.5) is 0 Å². The van der Waals surface area contributed by atoms with Crippen molar-refractivity contribution in [3.63, 3.8) is 0 Å². The molecule has 0 amide bonds. The Labute approximate surface area is 118 Å². The van der Waals surface area contributed by atoms with E-state index in [-0.39, 0.29) is 5.57 Å². The van der Waals surface area contributed by atoms with E-state index in [0.717, 1.165) is 17.1 Å². The summed E-state index contributed by atoms with van der Waals surface area (Å²) in [6.45, 7) is 3.54. The van der Waals surface area contributed by atoms with Gasteiger partial charge >= 0.3 is 5.97 Å². The number of aliphatic carboxylic acids is 1. The van der Waals surface area contributed by atoms with Gasteiger partial charge in [-0.25, -0.2) is 4.79 Å². The van der Waals surface area contributed by atoms with Crippen LogP contribution in [0.1, 0.15) is 12.0 Å². The molecule has 20 heavy (non-hydrogen) atoms. The number of rotatable bonds is 6. The van der Waals surface area contributed by atoms with Crippen LogP contribution in [0.25, 0.3) is 0 Å². The lowest BCUT2D eigenvalue weighted by atomic mass is 10.0. The molecule has 0 unspecified atom stereocenters. The average Bonchev–Trinajstić information content (AvgIpc) is 2.47. The molecule has 0 bridgehead atoms. The zero-order valence-electron chi connectivity index (χ0n) is 11.1. The number of aryl methyl sites for hydroxylation is 1. The third-order valence-corrected chi connectivity index (χ3v) is 2.94. The van der Waals surface area contributed by atoms with Crippen molar-refractivity contribution < 1.29 is 14.6 Å². The minimum Gasteiger partial charge on any atom is -0.478 e. The van der Waals surface area contributed by atoms with Crippen molar-refractivity contribution in [3.8, 4) is 11.5 Å². The van der Waals surface area contributed by atoms with Crippen molar-refractivity contribution in [3.05, 3.63) is 72.3 Å². The largest absolute Gasteiger partial charge is 0.478 e. The highest BCUT2D eigenvalue weighted by Crippen LogP contribution is 2.26. The molecule has 0 aliphatic rings. The summed E-state index contributed by atoms with van der Waals surface area (Å²) in [6, 6.07) is 17.1. The van der Waals surface area contributed by atoms with Gasteiger partial charge in [-0.3, -0.25) is 0 Å². The number of hydrogen-bond donors (Lipinski definition) is 1. The summed E-state index contributed by atoms with van der Waals surface area (Å²) in [5, 5.41) is 8.83. The Balaban J connectivity index is 2.10. The van der Waals surface area contributed by atoms with Crippen molar-refractivity contribution in [1.82, 2.24) is 0 Å². The summed E-state index contributed by atoms with van der Waals surface area (Å²) in [6.07, 6.45) is 0.999. The molecule has 2 aromatic rings. The van der Waals surface area contributed by atoms with Gasteiger partial charge in [0.1, 0.15) is 11.5 Å². The van der Waals surface area contributed by atoms with Crippen LogP contribution in [0.15, 0.2) is 66.7 Å². The second-order valence-electron chi connectivity index (χ2n) is 4.43. The van der Waals surface area contributed by atoms with Crippen LogP contribution in [0.5, 0.6) is 11.5 Å².